The average Bonchev–Trinajstić information content (AvgIpc) is 2.45. The molecular weight excluding hydrogens is 258 g/mol. The van der Waals surface area contributed by atoms with Crippen LogP contribution in [0.3, 0.4) is 0 Å². The van der Waals surface area contributed by atoms with Crippen LogP contribution in [0.2, 0.25) is 0 Å². The van der Waals surface area contributed by atoms with Crippen LogP contribution >= 0.6 is 12.4 Å². The van der Waals surface area contributed by atoms with Crippen molar-refractivity contribution in [2.75, 3.05) is 19.7 Å². The number of nitrogens with one attached hydrogen (secondary N) is 1. The molecule has 0 amide bonds. The zero-order valence-corrected chi connectivity index (χ0v) is 12.8. The Morgan fingerprint density at radius 3 is 2.63 bits per heavy atom. The predicted molar refractivity (Wildman–Crippen MR) is 83.5 cm³/mol. The fraction of sp³-hybridized carbons (Fsp3) is 0.625. The molecule has 108 valence electrons. The van der Waals surface area contributed by atoms with Crippen LogP contribution in [-0.2, 0) is 0 Å². The first-order chi connectivity index (χ1) is 8.81. The summed E-state index contributed by atoms with van der Waals surface area (Å²) in [6.45, 7) is 7.65. The molecule has 1 aliphatic heterocycles. The van der Waals surface area contributed by atoms with Crippen molar-refractivity contribution in [2.24, 2.45) is 5.92 Å². The molecule has 0 bridgehead atoms. The van der Waals surface area contributed by atoms with Crippen LogP contribution in [0.5, 0.6) is 5.75 Å². The van der Waals surface area contributed by atoms with Crippen LogP contribution < -0.4 is 10.1 Å². The van der Waals surface area contributed by atoms with Gasteiger partial charge in [0.05, 0.1) is 6.61 Å². The lowest BCUT2D eigenvalue weighted by atomic mass is 9.97. The molecule has 0 spiro atoms. The summed E-state index contributed by atoms with van der Waals surface area (Å²) in [5.41, 5.74) is 1.36. The third-order valence-corrected chi connectivity index (χ3v) is 4.00. The number of benzene rings is 1. The van der Waals surface area contributed by atoms with Crippen LogP contribution in [0.25, 0.3) is 0 Å². The summed E-state index contributed by atoms with van der Waals surface area (Å²) in [6.07, 6.45) is 3.64. The molecule has 19 heavy (non-hydrogen) atoms. The Hall–Kier alpha value is -0.730. The molecule has 2 nitrogen and oxygen atoms in total. The Labute approximate surface area is 123 Å². The van der Waals surface area contributed by atoms with Crippen LogP contribution in [0.4, 0.5) is 0 Å². The number of hydrogen-bond donors (Lipinski definition) is 1. The molecule has 1 aromatic carbocycles. The molecular formula is C16H26ClNO. The Bertz CT molecular complexity index is 364. The van der Waals surface area contributed by atoms with Gasteiger partial charge in [-0.15, -0.1) is 12.4 Å². The van der Waals surface area contributed by atoms with E-state index >= 15 is 0 Å². The molecule has 1 aliphatic rings. The lowest BCUT2D eigenvalue weighted by Gasteiger charge is -2.24. The molecule has 1 atom stereocenters. The van der Waals surface area contributed by atoms with Crippen molar-refractivity contribution >= 4 is 12.4 Å². The third-order valence-electron chi connectivity index (χ3n) is 4.00. The maximum Gasteiger partial charge on any atom is 0.122 e. The highest BCUT2D eigenvalue weighted by molar-refractivity contribution is 5.85. The number of piperidine rings is 1. The van der Waals surface area contributed by atoms with E-state index in [-0.39, 0.29) is 12.4 Å². The van der Waals surface area contributed by atoms with Gasteiger partial charge in [-0.2, -0.15) is 0 Å². The predicted octanol–water partition coefficient (Wildman–Crippen LogP) is 4.00. The number of ether oxygens (including phenoxy) is 1. The largest absolute Gasteiger partial charge is 0.493 e. The summed E-state index contributed by atoms with van der Waals surface area (Å²) in [4.78, 5) is 0. The fourth-order valence-corrected chi connectivity index (χ4v) is 2.50. The molecule has 1 fully saturated rings. The van der Waals surface area contributed by atoms with E-state index in [1.54, 1.807) is 0 Å². The zero-order valence-electron chi connectivity index (χ0n) is 12.0. The summed E-state index contributed by atoms with van der Waals surface area (Å²) < 4.78 is 6.07. The number of rotatable bonds is 5. The summed E-state index contributed by atoms with van der Waals surface area (Å²) in [5.74, 6) is 2.39. The molecule has 1 N–H and O–H groups in total. The summed E-state index contributed by atoms with van der Waals surface area (Å²) in [6, 6.07) is 8.50. The standard InChI is InChI=1S/C16H25NO.ClH/c1-3-13(2)15-6-4-5-7-16(15)18-12-14-8-10-17-11-9-14;/h4-7,13-14,17H,3,8-12H2,1-2H3;1H. The van der Waals surface area contributed by atoms with Crippen LogP contribution in [0.15, 0.2) is 24.3 Å². The van der Waals surface area contributed by atoms with Gasteiger partial charge in [0.15, 0.2) is 0 Å². The zero-order chi connectivity index (χ0) is 12.8. The van der Waals surface area contributed by atoms with Crippen LogP contribution in [0, 0.1) is 5.92 Å². The van der Waals surface area contributed by atoms with Crippen molar-refractivity contribution in [3.05, 3.63) is 29.8 Å². The summed E-state index contributed by atoms with van der Waals surface area (Å²) >= 11 is 0. The highest BCUT2D eigenvalue weighted by atomic mass is 35.5. The molecule has 1 aromatic rings. The lowest BCUT2D eigenvalue weighted by molar-refractivity contribution is 0.213. The topological polar surface area (TPSA) is 21.3 Å². The normalized spacial score (nSPS) is 17.6. The minimum Gasteiger partial charge on any atom is -0.493 e. The van der Waals surface area contributed by atoms with Gasteiger partial charge >= 0.3 is 0 Å². The van der Waals surface area contributed by atoms with Crippen molar-refractivity contribution in [3.63, 3.8) is 0 Å². The van der Waals surface area contributed by atoms with Gasteiger partial charge in [0.2, 0.25) is 0 Å². The first-order valence-electron chi connectivity index (χ1n) is 7.23. The van der Waals surface area contributed by atoms with Crippen LogP contribution in [0.1, 0.15) is 44.6 Å². The Kier molecular flexibility index (Phi) is 7.25. The smallest absolute Gasteiger partial charge is 0.122 e. The van der Waals surface area contributed by atoms with Gasteiger partial charge in [0.1, 0.15) is 5.75 Å². The molecule has 0 aromatic heterocycles. The maximum absolute atomic E-state index is 6.07. The van der Waals surface area contributed by atoms with Crippen LogP contribution in [-0.4, -0.2) is 19.7 Å². The quantitative estimate of drug-likeness (QED) is 0.882. The molecule has 1 saturated heterocycles. The number of para-hydroxylation sites is 1. The second kappa shape index (κ2) is 8.44. The van der Waals surface area contributed by atoms with E-state index in [0.717, 1.165) is 37.8 Å². The molecule has 0 aliphatic carbocycles. The molecule has 3 heteroatoms. The SMILES string of the molecule is CCC(C)c1ccccc1OCC1CCNCC1.Cl. The van der Waals surface area contributed by atoms with Gasteiger partial charge in [-0.25, -0.2) is 0 Å². The van der Waals surface area contributed by atoms with E-state index in [4.69, 9.17) is 4.74 Å². The molecule has 0 radical (unpaired) electrons. The van der Waals surface area contributed by atoms with E-state index in [9.17, 15) is 0 Å². The minimum atomic E-state index is 0. The van der Waals surface area contributed by atoms with E-state index in [1.807, 2.05) is 0 Å². The van der Waals surface area contributed by atoms with Crippen molar-refractivity contribution < 1.29 is 4.74 Å². The lowest BCUT2D eigenvalue weighted by Crippen LogP contribution is -2.30. The van der Waals surface area contributed by atoms with Gasteiger partial charge < -0.3 is 10.1 Å². The van der Waals surface area contributed by atoms with E-state index in [1.165, 1.54) is 18.4 Å². The second-order valence-electron chi connectivity index (χ2n) is 5.35. The second-order valence-corrected chi connectivity index (χ2v) is 5.35. The first kappa shape index (κ1) is 16.3. The Morgan fingerprint density at radius 2 is 1.95 bits per heavy atom. The third kappa shape index (κ3) is 4.70. The van der Waals surface area contributed by atoms with Crippen molar-refractivity contribution in [1.29, 1.82) is 0 Å². The van der Waals surface area contributed by atoms with E-state index in [2.05, 4.69) is 43.4 Å². The highest BCUT2D eigenvalue weighted by Gasteiger charge is 2.15. The van der Waals surface area contributed by atoms with Gasteiger partial charge in [-0.3, -0.25) is 0 Å². The Morgan fingerprint density at radius 1 is 1.26 bits per heavy atom. The maximum atomic E-state index is 6.07. The molecule has 0 saturated carbocycles. The number of halogens is 1. The van der Waals surface area contributed by atoms with Crippen molar-refractivity contribution in [1.82, 2.24) is 5.32 Å². The van der Waals surface area contributed by atoms with Gasteiger partial charge in [-0.1, -0.05) is 32.0 Å². The van der Waals surface area contributed by atoms with Crippen molar-refractivity contribution in [2.45, 2.75) is 39.0 Å². The monoisotopic (exact) mass is 283 g/mol. The summed E-state index contributed by atoms with van der Waals surface area (Å²) in [5, 5.41) is 3.40. The van der Waals surface area contributed by atoms with E-state index < -0.39 is 0 Å². The molecule has 2 rings (SSSR count). The van der Waals surface area contributed by atoms with Gasteiger partial charge in [0.25, 0.3) is 0 Å². The van der Waals surface area contributed by atoms with Gasteiger partial charge in [0, 0.05) is 0 Å². The first-order valence-corrected chi connectivity index (χ1v) is 7.23. The fourth-order valence-electron chi connectivity index (χ4n) is 2.50. The molecule has 1 unspecified atom stereocenters. The Balaban J connectivity index is 0.00000180. The summed E-state index contributed by atoms with van der Waals surface area (Å²) in [7, 11) is 0. The average molecular weight is 284 g/mol. The van der Waals surface area contributed by atoms with Crippen molar-refractivity contribution in [3.8, 4) is 5.75 Å². The van der Waals surface area contributed by atoms with E-state index in [0.29, 0.717) is 5.92 Å². The minimum absolute atomic E-state index is 0. The molecule has 1 heterocycles. The highest BCUT2D eigenvalue weighted by Crippen LogP contribution is 2.29. The number of hydrogen-bond acceptors (Lipinski definition) is 2. The van der Waals surface area contributed by atoms with Gasteiger partial charge in [-0.05, 0) is 55.8 Å².